The molecule has 15 atom stereocenters. The zero-order chi connectivity index (χ0) is 31.7. The van der Waals surface area contributed by atoms with Crippen LogP contribution < -0.4 is 0 Å². The van der Waals surface area contributed by atoms with Gasteiger partial charge in [-0.2, -0.15) is 16.8 Å². The average Bonchev–Trinajstić information content (AvgIpc) is 2.90. The lowest BCUT2D eigenvalue weighted by Gasteiger charge is -2.48. The summed E-state index contributed by atoms with van der Waals surface area (Å²) in [4.78, 5) is 0. The SMILES string of the molecule is O=S(=O)(O)OC[C@H]1O[C@@H](O[C@H]2[C@H](O)[C@@H](O)[C@H](O[C@H]3[C@H](O)[C@@H](O)[C@@H](O)O[C@@H]3CO)O[C@@H]2COS(=O)(=O)O)[C@H](O)[C@@H](O)[C@@H]1O. The Kier molecular flexibility index (Phi) is 12.0. The molecule has 0 radical (unpaired) electrons. The number of ether oxygens (including phenoxy) is 5. The molecule has 11 N–H and O–H groups in total. The quantitative estimate of drug-likeness (QED) is 0.0913. The minimum absolute atomic E-state index is 0.897. The molecular formula is C18H32O22S2. The van der Waals surface area contributed by atoms with Crippen LogP contribution in [0.3, 0.4) is 0 Å². The predicted octanol–water partition coefficient (Wildman–Crippen LogP) is -7.92. The van der Waals surface area contributed by atoms with Crippen LogP contribution in [0.4, 0.5) is 0 Å². The highest BCUT2D eigenvalue weighted by atomic mass is 32.3. The van der Waals surface area contributed by atoms with Gasteiger partial charge in [-0.3, -0.25) is 9.11 Å². The van der Waals surface area contributed by atoms with Crippen LogP contribution in [0.5, 0.6) is 0 Å². The Morgan fingerprint density at radius 2 is 0.952 bits per heavy atom. The summed E-state index contributed by atoms with van der Waals surface area (Å²) in [6, 6.07) is 0. The first-order valence-corrected chi connectivity index (χ1v) is 14.6. The van der Waals surface area contributed by atoms with Crippen molar-refractivity contribution in [3.8, 4) is 0 Å². The first kappa shape index (κ1) is 35.7. The van der Waals surface area contributed by atoms with E-state index in [2.05, 4.69) is 8.37 Å². The Balaban J connectivity index is 1.83. The number of hydrogen-bond acceptors (Lipinski definition) is 20. The van der Waals surface area contributed by atoms with Crippen LogP contribution in [0.25, 0.3) is 0 Å². The van der Waals surface area contributed by atoms with Crippen molar-refractivity contribution in [3.63, 3.8) is 0 Å². The number of rotatable bonds is 11. The molecule has 0 aliphatic carbocycles. The van der Waals surface area contributed by atoms with Gasteiger partial charge in [0, 0.05) is 0 Å². The van der Waals surface area contributed by atoms with Crippen LogP contribution >= 0.6 is 0 Å². The molecule has 0 aromatic carbocycles. The van der Waals surface area contributed by atoms with Crippen LogP contribution in [-0.4, -0.2) is 184 Å². The zero-order valence-electron chi connectivity index (χ0n) is 21.0. The van der Waals surface area contributed by atoms with E-state index in [1.165, 1.54) is 0 Å². The lowest BCUT2D eigenvalue weighted by atomic mass is 9.96. The molecule has 22 nitrogen and oxygen atoms in total. The summed E-state index contributed by atoms with van der Waals surface area (Å²) in [5.41, 5.74) is 0. The maximum Gasteiger partial charge on any atom is 0.397 e. The van der Waals surface area contributed by atoms with Gasteiger partial charge in [-0.25, -0.2) is 8.37 Å². The van der Waals surface area contributed by atoms with Crippen molar-refractivity contribution >= 4 is 20.8 Å². The van der Waals surface area contributed by atoms with Crippen LogP contribution in [0, 0.1) is 0 Å². The van der Waals surface area contributed by atoms with Gasteiger partial charge >= 0.3 is 20.8 Å². The second-order valence-electron chi connectivity index (χ2n) is 9.39. The second-order valence-corrected chi connectivity index (χ2v) is 11.6. The smallest absolute Gasteiger partial charge is 0.394 e. The van der Waals surface area contributed by atoms with Crippen molar-refractivity contribution in [3.05, 3.63) is 0 Å². The van der Waals surface area contributed by atoms with Gasteiger partial charge in [0.15, 0.2) is 18.9 Å². The van der Waals surface area contributed by atoms with E-state index in [-0.39, 0.29) is 0 Å². The van der Waals surface area contributed by atoms with E-state index in [9.17, 15) is 62.8 Å². The largest absolute Gasteiger partial charge is 0.397 e. The molecular weight excluding hydrogens is 632 g/mol. The maximum atomic E-state index is 11.2. The Morgan fingerprint density at radius 1 is 0.524 bits per heavy atom. The molecule has 0 amide bonds. The van der Waals surface area contributed by atoms with Crippen LogP contribution in [0.2, 0.25) is 0 Å². The Labute approximate surface area is 237 Å². The van der Waals surface area contributed by atoms with Gasteiger partial charge in [0.1, 0.15) is 73.2 Å². The third kappa shape index (κ3) is 8.67. The van der Waals surface area contributed by atoms with E-state index >= 15 is 0 Å². The molecule has 24 heteroatoms. The molecule has 42 heavy (non-hydrogen) atoms. The van der Waals surface area contributed by atoms with E-state index in [1.54, 1.807) is 0 Å². The topological polar surface area (TPSA) is 355 Å². The van der Waals surface area contributed by atoms with E-state index in [4.69, 9.17) is 32.8 Å². The lowest BCUT2D eigenvalue weighted by molar-refractivity contribution is -0.377. The van der Waals surface area contributed by atoms with Crippen LogP contribution in [-0.2, 0) is 52.8 Å². The summed E-state index contributed by atoms with van der Waals surface area (Å²) in [6.07, 6.45) is -29.6. The molecule has 0 bridgehead atoms. The highest BCUT2D eigenvalue weighted by molar-refractivity contribution is 7.81. The second kappa shape index (κ2) is 14.1. The third-order valence-corrected chi connectivity index (χ3v) is 7.36. The molecule has 3 fully saturated rings. The van der Waals surface area contributed by atoms with Gasteiger partial charge in [-0.05, 0) is 0 Å². The van der Waals surface area contributed by atoms with Gasteiger partial charge in [0.2, 0.25) is 0 Å². The molecule has 3 aliphatic heterocycles. The zero-order valence-corrected chi connectivity index (χ0v) is 22.6. The minimum atomic E-state index is -5.17. The van der Waals surface area contributed by atoms with E-state index in [0.717, 1.165) is 0 Å². The van der Waals surface area contributed by atoms with Crippen molar-refractivity contribution in [2.75, 3.05) is 19.8 Å². The van der Waals surface area contributed by atoms with Crippen molar-refractivity contribution in [2.24, 2.45) is 0 Å². The molecule has 0 aromatic rings. The number of aliphatic hydroxyl groups is 9. The first-order chi connectivity index (χ1) is 19.3. The van der Waals surface area contributed by atoms with Gasteiger partial charge < -0.3 is 69.6 Å². The van der Waals surface area contributed by atoms with Gasteiger partial charge in [0.25, 0.3) is 0 Å². The molecule has 248 valence electrons. The summed E-state index contributed by atoms with van der Waals surface area (Å²) in [7, 11) is -10.2. The summed E-state index contributed by atoms with van der Waals surface area (Å²) < 4.78 is 96.5. The van der Waals surface area contributed by atoms with Gasteiger partial charge in [-0.15, -0.1) is 0 Å². The highest BCUT2D eigenvalue weighted by Crippen LogP contribution is 2.32. The molecule has 0 aromatic heterocycles. The van der Waals surface area contributed by atoms with E-state index in [1.807, 2.05) is 0 Å². The van der Waals surface area contributed by atoms with Crippen molar-refractivity contribution in [1.29, 1.82) is 0 Å². The summed E-state index contributed by atoms with van der Waals surface area (Å²) in [6.45, 7) is -3.20. The monoisotopic (exact) mass is 664 g/mol. The standard InChI is InChI=1S/C18H32O22S2/c19-1-4-14(9(22)11(24)16(27)36-4)39-18-13(26)10(23)15(6(38-18)3-35-42(31,32)33)40-17-12(25)8(21)7(20)5(37-17)2-34-41(28,29)30/h4-27H,1-3H2,(H,28,29,30)(H,31,32,33)/t4-,5-,6-,7-,8+,9-,10-,11-,12-,13-,14-,15-,16+,17+,18+/m1/s1. The minimum Gasteiger partial charge on any atom is -0.394 e. The van der Waals surface area contributed by atoms with Crippen LogP contribution in [0.1, 0.15) is 0 Å². The molecule has 0 saturated carbocycles. The first-order valence-electron chi connectivity index (χ1n) is 11.9. The maximum absolute atomic E-state index is 11.2. The molecule has 0 spiro atoms. The predicted molar refractivity (Wildman–Crippen MR) is 122 cm³/mol. The lowest BCUT2D eigenvalue weighted by Crippen LogP contribution is -2.66. The van der Waals surface area contributed by atoms with Crippen molar-refractivity contribution in [1.82, 2.24) is 0 Å². The molecule has 0 unspecified atom stereocenters. The average molecular weight is 665 g/mol. The Morgan fingerprint density at radius 3 is 1.45 bits per heavy atom. The fourth-order valence-electron chi connectivity index (χ4n) is 4.34. The normalized spacial score (nSPS) is 45.5. The van der Waals surface area contributed by atoms with Gasteiger partial charge in [-0.1, -0.05) is 0 Å². The Bertz CT molecular complexity index is 1090. The van der Waals surface area contributed by atoms with Crippen molar-refractivity contribution < 1.29 is 104 Å². The van der Waals surface area contributed by atoms with E-state index in [0.29, 0.717) is 0 Å². The van der Waals surface area contributed by atoms with E-state index < -0.39 is 133 Å². The highest BCUT2D eigenvalue weighted by Gasteiger charge is 2.53. The number of hydrogen-bond donors (Lipinski definition) is 11. The van der Waals surface area contributed by atoms with Crippen molar-refractivity contribution in [2.45, 2.75) is 92.1 Å². The molecule has 3 aliphatic rings. The van der Waals surface area contributed by atoms with Gasteiger partial charge in [0.05, 0.1) is 19.8 Å². The third-order valence-electron chi connectivity index (χ3n) is 6.49. The fourth-order valence-corrected chi connectivity index (χ4v) is 4.95. The molecule has 3 rings (SSSR count). The summed E-state index contributed by atoms with van der Waals surface area (Å²) in [5, 5.41) is 91.4. The summed E-state index contributed by atoms with van der Waals surface area (Å²) >= 11 is 0. The van der Waals surface area contributed by atoms with Crippen LogP contribution in [0.15, 0.2) is 0 Å². The Hall–Kier alpha value is -0.820. The molecule has 3 heterocycles. The summed E-state index contributed by atoms with van der Waals surface area (Å²) in [5.74, 6) is 0. The fraction of sp³-hybridized carbons (Fsp3) is 1.00. The molecule has 3 saturated heterocycles. The number of aliphatic hydroxyl groups excluding tert-OH is 9.